The van der Waals surface area contributed by atoms with Gasteiger partial charge in [-0.05, 0) is 23.1 Å². The van der Waals surface area contributed by atoms with Gasteiger partial charge in [0.05, 0.1) is 18.4 Å². The fourth-order valence-corrected chi connectivity index (χ4v) is 2.34. The van der Waals surface area contributed by atoms with Crippen LogP contribution in [0, 0.1) is 0 Å². The monoisotopic (exact) mass is 324 g/mol. The van der Waals surface area contributed by atoms with Crippen molar-refractivity contribution in [2.75, 3.05) is 11.1 Å². The Morgan fingerprint density at radius 2 is 1.88 bits per heavy atom. The van der Waals surface area contributed by atoms with Crippen molar-refractivity contribution in [3.05, 3.63) is 52.1 Å². The Labute approximate surface area is 139 Å². The molecule has 0 spiro atoms. The molecule has 0 saturated carbocycles. The van der Waals surface area contributed by atoms with Crippen LogP contribution in [0.15, 0.2) is 35.3 Å². The van der Waals surface area contributed by atoms with Gasteiger partial charge in [0.1, 0.15) is 0 Å². The molecular formula is C17H20N6O. The Kier molecular flexibility index (Phi) is 3.92. The largest absolute Gasteiger partial charge is 0.379 e. The van der Waals surface area contributed by atoms with Gasteiger partial charge in [-0.1, -0.05) is 32.9 Å². The first-order valence-corrected chi connectivity index (χ1v) is 7.69. The molecule has 0 bridgehead atoms. The van der Waals surface area contributed by atoms with E-state index in [0.717, 1.165) is 5.69 Å². The van der Waals surface area contributed by atoms with Crippen molar-refractivity contribution in [3.63, 3.8) is 0 Å². The number of hydrogen-bond donors (Lipinski definition) is 3. The van der Waals surface area contributed by atoms with Crippen LogP contribution in [0.2, 0.25) is 0 Å². The molecule has 1 aromatic carbocycles. The van der Waals surface area contributed by atoms with Gasteiger partial charge in [0.15, 0.2) is 11.2 Å². The third-order valence-electron chi connectivity index (χ3n) is 3.71. The van der Waals surface area contributed by atoms with Gasteiger partial charge in [0.2, 0.25) is 5.95 Å². The van der Waals surface area contributed by atoms with E-state index in [9.17, 15) is 4.79 Å². The molecule has 4 N–H and O–H groups in total. The van der Waals surface area contributed by atoms with Gasteiger partial charge in [-0.3, -0.25) is 9.78 Å². The number of anilines is 2. The topological polar surface area (TPSA) is 110 Å². The Morgan fingerprint density at radius 3 is 2.54 bits per heavy atom. The highest BCUT2D eigenvalue weighted by Gasteiger charge is 2.12. The lowest BCUT2D eigenvalue weighted by Crippen LogP contribution is -2.15. The molecule has 0 atom stereocenters. The Bertz CT molecular complexity index is 924. The number of aromatic amines is 1. The van der Waals surface area contributed by atoms with Crippen molar-refractivity contribution >= 4 is 22.8 Å². The first-order chi connectivity index (χ1) is 11.3. The van der Waals surface area contributed by atoms with E-state index in [1.165, 1.54) is 5.56 Å². The minimum Gasteiger partial charge on any atom is -0.379 e. The average Bonchev–Trinajstić information content (AvgIpc) is 2.52. The molecule has 3 aromatic rings. The van der Waals surface area contributed by atoms with E-state index in [4.69, 9.17) is 5.73 Å². The van der Waals surface area contributed by atoms with E-state index < -0.39 is 0 Å². The minimum atomic E-state index is -0.388. The van der Waals surface area contributed by atoms with Gasteiger partial charge >= 0.3 is 0 Å². The number of fused-ring (bicyclic) bond motifs is 1. The number of rotatable bonds is 3. The highest BCUT2D eigenvalue weighted by atomic mass is 16.1. The van der Waals surface area contributed by atoms with Crippen molar-refractivity contribution in [3.8, 4) is 0 Å². The molecular weight excluding hydrogens is 304 g/mol. The first kappa shape index (κ1) is 15.9. The van der Waals surface area contributed by atoms with Crippen LogP contribution in [0.4, 0.5) is 11.6 Å². The normalized spacial score (nSPS) is 11.6. The number of benzene rings is 1. The second-order valence-corrected chi connectivity index (χ2v) is 6.67. The highest BCUT2D eigenvalue weighted by molar-refractivity contribution is 5.69. The van der Waals surface area contributed by atoms with Crippen molar-refractivity contribution in [2.45, 2.75) is 32.7 Å². The third kappa shape index (κ3) is 3.34. The summed E-state index contributed by atoms with van der Waals surface area (Å²) in [5, 5.41) is 3.28. The standard InChI is InChI=1S/C17H20N6O/c1-17(2,3)10-4-6-11(7-5-10)19-8-12-9-20-14-13(21-12)15(24)23-16(18)22-14/h4-7,9,19H,8H2,1-3H3,(H3,18,20,22,23,24). The Morgan fingerprint density at radius 1 is 1.17 bits per heavy atom. The van der Waals surface area contributed by atoms with Crippen LogP contribution in [0.1, 0.15) is 32.0 Å². The van der Waals surface area contributed by atoms with E-state index in [1.54, 1.807) is 6.20 Å². The number of nitrogens with zero attached hydrogens (tertiary/aromatic N) is 3. The molecule has 2 aromatic heterocycles. The zero-order valence-corrected chi connectivity index (χ0v) is 13.9. The molecule has 0 aliphatic rings. The summed E-state index contributed by atoms with van der Waals surface area (Å²) in [6.45, 7) is 7.00. The third-order valence-corrected chi connectivity index (χ3v) is 3.71. The summed E-state index contributed by atoms with van der Waals surface area (Å²) >= 11 is 0. The molecule has 0 unspecified atom stereocenters. The Balaban J connectivity index is 1.77. The van der Waals surface area contributed by atoms with Crippen LogP contribution in [0.5, 0.6) is 0 Å². The minimum absolute atomic E-state index is 0.0339. The number of H-pyrrole nitrogens is 1. The van der Waals surface area contributed by atoms with Crippen LogP contribution >= 0.6 is 0 Å². The summed E-state index contributed by atoms with van der Waals surface area (Å²) in [5.41, 5.74) is 8.57. The predicted octanol–water partition coefficient (Wildman–Crippen LogP) is 2.20. The Hall–Kier alpha value is -2.96. The maximum absolute atomic E-state index is 11.9. The number of hydrogen-bond acceptors (Lipinski definition) is 6. The molecule has 0 aliphatic heterocycles. The number of aromatic nitrogens is 4. The second-order valence-electron chi connectivity index (χ2n) is 6.67. The van der Waals surface area contributed by atoms with Crippen molar-refractivity contribution < 1.29 is 0 Å². The molecule has 0 amide bonds. The highest BCUT2D eigenvalue weighted by Crippen LogP contribution is 2.23. The number of nitrogens with one attached hydrogen (secondary N) is 2. The summed E-state index contributed by atoms with van der Waals surface area (Å²) in [6, 6.07) is 8.27. The van der Waals surface area contributed by atoms with Crippen molar-refractivity contribution in [1.29, 1.82) is 0 Å². The molecule has 0 fully saturated rings. The lowest BCUT2D eigenvalue weighted by molar-refractivity contribution is 0.590. The summed E-state index contributed by atoms with van der Waals surface area (Å²) < 4.78 is 0. The van der Waals surface area contributed by atoms with E-state index >= 15 is 0 Å². The van der Waals surface area contributed by atoms with E-state index in [2.05, 4.69) is 58.2 Å². The zero-order chi connectivity index (χ0) is 17.3. The molecule has 3 rings (SSSR count). The van der Waals surface area contributed by atoms with Crippen molar-refractivity contribution in [2.24, 2.45) is 0 Å². The van der Waals surface area contributed by atoms with Crippen LogP contribution in [-0.4, -0.2) is 19.9 Å². The van der Waals surface area contributed by atoms with Gasteiger partial charge < -0.3 is 11.1 Å². The van der Waals surface area contributed by atoms with Crippen LogP contribution in [0.25, 0.3) is 11.2 Å². The molecule has 0 saturated heterocycles. The van der Waals surface area contributed by atoms with Gasteiger partial charge in [0, 0.05) is 5.69 Å². The molecule has 7 nitrogen and oxygen atoms in total. The average molecular weight is 324 g/mol. The summed E-state index contributed by atoms with van der Waals surface area (Å²) in [7, 11) is 0. The molecule has 0 aliphatic carbocycles. The smallest absolute Gasteiger partial charge is 0.280 e. The van der Waals surface area contributed by atoms with Gasteiger partial charge in [-0.2, -0.15) is 4.98 Å². The van der Waals surface area contributed by atoms with Gasteiger partial charge in [-0.25, -0.2) is 9.97 Å². The number of nitrogens with two attached hydrogens (primary N) is 1. The maximum Gasteiger partial charge on any atom is 0.280 e. The van der Waals surface area contributed by atoms with E-state index in [1.807, 2.05) is 12.1 Å². The van der Waals surface area contributed by atoms with Crippen LogP contribution < -0.4 is 16.6 Å². The summed E-state index contributed by atoms with van der Waals surface area (Å²) in [4.78, 5) is 26.7. The molecule has 0 radical (unpaired) electrons. The van der Waals surface area contributed by atoms with Gasteiger partial charge in [-0.15, -0.1) is 0 Å². The van der Waals surface area contributed by atoms with Crippen LogP contribution in [0.3, 0.4) is 0 Å². The van der Waals surface area contributed by atoms with E-state index in [-0.39, 0.29) is 28.1 Å². The first-order valence-electron chi connectivity index (χ1n) is 7.69. The van der Waals surface area contributed by atoms with Gasteiger partial charge in [0.25, 0.3) is 5.56 Å². The molecule has 124 valence electrons. The van der Waals surface area contributed by atoms with Crippen molar-refractivity contribution in [1.82, 2.24) is 19.9 Å². The summed E-state index contributed by atoms with van der Waals surface area (Å²) in [5.74, 6) is 0.0339. The summed E-state index contributed by atoms with van der Waals surface area (Å²) in [6.07, 6.45) is 1.59. The fraction of sp³-hybridized carbons (Fsp3) is 0.294. The predicted molar refractivity (Wildman–Crippen MR) is 94.8 cm³/mol. The lowest BCUT2D eigenvalue weighted by atomic mass is 9.87. The molecule has 2 heterocycles. The SMILES string of the molecule is CC(C)(C)c1ccc(NCc2cnc3nc(N)[nH]c(=O)c3n2)cc1. The molecule has 24 heavy (non-hydrogen) atoms. The van der Waals surface area contributed by atoms with E-state index in [0.29, 0.717) is 12.2 Å². The quantitative estimate of drug-likeness (QED) is 0.681. The molecule has 7 heteroatoms. The number of nitrogen functional groups attached to an aromatic ring is 1. The fourth-order valence-electron chi connectivity index (χ4n) is 2.34. The lowest BCUT2D eigenvalue weighted by Gasteiger charge is -2.19. The van der Waals surface area contributed by atoms with Crippen LogP contribution in [-0.2, 0) is 12.0 Å². The zero-order valence-electron chi connectivity index (χ0n) is 13.9. The maximum atomic E-state index is 11.9. The second kappa shape index (κ2) is 5.92.